The molecule has 0 radical (unpaired) electrons. The number of carbonyl (C=O) groups excluding carboxylic acids is 2. The molecule has 32 heavy (non-hydrogen) atoms. The van der Waals surface area contributed by atoms with E-state index in [1.54, 1.807) is 4.90 Å². The summed E-state index contributed by atoms with van der Waals surface area (Å²) in [5.41, 5.74) is 5.05. The van der Waals surface area contributed by atoms with E-state index in [1.165, 1.54) is 17.3 Å². The Labute approximate surface area is 198 Å². The van der Waals surface area contributed by atoms with E-state index >= 15 is 0 Å². The molecule has 0 spiro atoms. The number of nitrogens with zero attached hydrogens (tertiary/aromatic N) is 2. The normalized spacial score (nSPS) is 26.2. The molecule has 5 rings (SSSR count). The number of amides is 2. The lowest BCUT2D eigenvalue weighted by atomic mass is 9.65. The van der Waals surface area contributed by atoms with Crippen molar-refractivity contribution in [1.82, 2.24) is 4.90 Å². The minimum Gasteiger partial charge on any atom is -0.302 e. The molecule has 1 unspecified atom stereocenters. The number of rotatable bonds is 2. The molecule has 1 fully saturated rings. The third kappa shape index (κ3) is 2.72. The molecule has 0 N–H and O–H groups in total. The summed E-state index contributed by atoms with van der Waals surface area (Å²) >= 11 is 6.70. The molecule has 2 aromatic carbocycles. The van der Waals surface area contributed by atoms with Crippen LogP contribution in [0.3, 0.4) is 0 Å². The Morgan fingerprint density at radius 1 is 1.03 bits per heavy atom. The molecule has 0 aromatic heterocycles. The summed E-state index contributed by atoms with van der Waals surface area (Å²) in [4.78, 5) is 31.1. The van der Waals surface area contributed by atoms with Crippen LogP contribution in [0.4, 0.5) is 5.69 Å². The van der Waals surface area contributed by atoms with E-state index in [4.69, 9.17) is 12.2 Å². The predicted molar refractivity (Wildman–Crippen MR) is 135 cm³/mol. The second-order valence-electron chi connectivity index (χ2n) is 9.60. The van der Waals surface area contributed by atoms with Gasteiger partial charge in [0.05, 0.1) is 16.2 Å². The maximum atomic E-state index is 14.0. The number of benzene rings is 2. The van der Waals surface area contributed by atoms with Crippen LogP contribution in [0.1, 0.15) is 56.4 Å². The summed E-state index contributed by atoms with van der Waals surface area (Å²) in [5, 5.41) is 0. The first-order chi connectivity index (χ1) is 15.1. The molecule has 0 aliphatic carbocycles. The molecular formula is C26H26N2O2S2. The fraction of sp³-hybridized carbons (Fsp3) is 0.346. The van der Waals surface area contributed by atoms with Crippen molar-refractivity contribution in [3.8, 4) is 0 Å². The first kappa shape index (κ1) is 21.4. The van der Waals surface area contributed by atoms with Crippen LogP contribution in [0.5, 0.6) is 0 Å². The summed E-state index contributed by atoms with van der Waals surface area (Å²) in [7, 11) is 0. The van der Waals surface area contributed by atoms with Crippen molar-refractivity contribution < 1.29 is 9.59 Å². The lowest BCUT2D eigenvalue weighted by Crippen LogP contribution is -2.54. The van der Waals surface area contributed by atoms with Gasteiger partial charge in [-0.3, -0.25) is 14.5 Å². The number of thioether (sulfide) groups is 1. The van der Waals surface area contributed by atoms with Crippen LogP contribution in [0.25, 0.3) is 5.57 Å². The predicted octanol–water partition coefficient (Wildman–Crippen LogP) is 5.42. The summed E-state index contributed by atoms with van der Waals surface area (Å²) in [6.45, 7) is 11.0. The molecule has 4 nitrogen and oxygen atoms in total. The van der Waals surface area contributed by atoms with Gasteiger partial charge in [-0.05, 0) is 50.8 Å². The van der Waals surface area contributed by atoms with Gasteiger partial charge < -0.3 is 4.90 Å². The number of likely N-dealkylation sites (N-methyl/N-ethyl adjacent to an activating group) is 1. The van der Waals surface area contributed by atoms with E-state index < -0.39 is 5.54 Å². The fourth-order valence-corrected chi connectivity index (χ4v) is 7.17. The first-order valence-corrected chi connectivity index (χ1v) is 12.2. The largest absolute Gasteiger partial charge is 0.302 e. The van der Waals surface area contributed by atoms with Crippen molar-refractivity contribution in [3.05, 3.63) is 69.6 Å². The highest BCUT2D eigenvalue weighted by atomic mass is 32.2. The molecule has 1 saturated heterocycles. The van der Waals surface area contributed by atoms with Crippen molar-refractivity contribution >= 4 is 51.4 Å². The Morgan fingerprint density at radius 3 is 2.34 bits per heavy atom. The highest BCUT2D eigenvalue weighted by Gasteiger charge is 2.54. The van der Waals surface area contributed by atoms with Crippen molar-refractivity contribution in [2.45, 2.75) is 52.0 Å². The van der Waals surface area contributed by atoms with E-state index in [1.807, 2.05) is 24.8 Å². The second kappa shape index (κ2) is 7.03. The van der Waals surface area contributed by atoms with Crippen LogP contribution < -0.4 is 4.90 Å². The number of thiocarbonyl (C=S) groups is 1. The van der Waals surface area contributed by atoms with Crippen molar-refractivity contribution in [1.29, 1.82) is 0 Å². The molecule has 2 amide bonds. The van der Waals surface area contributed by atoms with Crippen molar-refractivity contribution in [2.24, 2.45) is 0 Å². The standard InChI is InChI=1S/C26H26N2O2S2/c1-6-27-23(30)21(32-24(27)31)19-18-15(2)12-13-17-20(18)28(22(19)29)25(3,4)14-26(17,5)16-10-8-7-9-11-16/h7-13H,6,14H2,1-5H3. The molecular weight excluding hydrogens is 436 g/mol. The third-order valence-electron chi connectivity index (χ3n) is 7.07. The van der Waals surface area contributed by atoms with Gasteiger partial charge in [0.15, 0.2) is 0 Å². The van der Waals surface area contributed by atoms with Crippen LogP contribution in [0, 0.1) is 6.92 Å². The van der Waals surface area contributed by atoms with Crippen LogP contribution >= 0.6 is 24.0 Å². The van der Waals surface area contributed by atoms with Gasteiger partial charge in [-0.1, -0.05) is 73.4 Å². The molecule has 0 bridgehead atoms. The van der Waals surface area contributed by atoms with E-state index in [2.05, 4.69) is 57.2 Å². The zero-order chi connectivity index (χ0) is 23.0. The van der Waals surface area contributed by atoms with Gasteiger partial charge in [0.2, 0.25) is 0 Å². The number of aryl methyl sites for hydroxylation is 1. The van der Waals surface area contributed by atoms with Crippen LogP contribution in [-0.2, 0) is 15.0 Å². The van der Waals surface area contributed by atoms with Gasteiger partial charge in [0, 0.05) is 23.1 Å². The van der Waals surface area contributed by atoms with Crippen molar-refractivity contribution in [2.75, 3.05) is 11.4 Å². The smallest absolute Gasteiger partial charge is 0.266 e. The highest BCUT2D eigenvalue weighted by molar-refractivity contribution is 8.26. The Balaban J connectivity index is 1.83. The minimum absolute atomic E-state index is 0.0905. The average molecular weight is 463 g/mol. The second-order valence-corrected chi connectivity index (χ2v) is 11.2. The Kier molecular flexibility index (Phi) is 4.70. The summed E-state index contributed by atoms with van der Waals surface area (Å²) in [6.07, 6.45) is 0.786. The quantitative estimate of drug-likeness (QED) is 0.441. The zero-order valence-electron chi connectivity index (χ0n) is 19.0. The van der Waals surface area contributed by atoms with Gasteiger partial charge in [-0.2, -0.15) is 0 Å². The van der Waals surface area contributed by atoms with Gasteiger partial charge >= 0.3 is 0 Å². The van der Waals surface area contributed by atoms with Crippen molar-refractivity contribution in [3.63, 3.8) is 0 Å². The Hall–Kier alpha value is -2.44. The number of hydrogen-bond acceptors (Lipinski definition) is 4. The number of anilines is 1. The molecule has 0 saturated carbocycles. The number of hydrogen-bond donors (Lipinski definition) is 0. The fourth-order valence-electron chi connectivity index (χ4n) is 5.72. The monoisotopic (exact) mass is 462 g/mol. The Morgan fingerprint density at radius 2 is 1.72 bits per heavy atom. The molecule has 3 aliphatic rings. The first-order valence-electron chi connectivity index (χ1n) is 10.9. The van der Waals surface area contributed by atoms with E-state index in [0.717, 1.165) is 28.8 Å². The number of carbonyl (C=O) groups is 2. The minimum atomic E-state index is -0.420. The van der Waals surface area contributed by atoms with E-state index in [0.29, 0.717) is 21.3 Å². The van der Waals surface area contributed by atoms with Crippen LogP contribution in [-0.4, -0.2) is 33.1 Å². The third-order valence-corrected chi connectivity index (χ3v) is 8.51. The Bertz CT molecular complexity index is 1230. The summed E-state index contributed by atoms with van der Waals surface area (Å²) in [5.74, 6) is -0.251. The molecule has 6 heteroatoms. The van der Waals surface area contributed by atoms with Gasteiger partial charge in [-0.15, -0.1) is 0 Å². The van der Waals surface area contributed by atoms with E-state index in [9.17, 15) is 9.59 Å². The highest BCUT2D eigenvalue weighted by Crippen LogP contribution is 2.58. The van der Waals surface area contributed by atoms with Gasteiger partial charge in [0.1, 0.15) is 4.32 Å². The van der Waals surface area contributed by atoms with Gasteiger partial charge in [-0.25, -0.2) is 0 Å². The molecule has 2 aromatic rings. The van der Waals surface area contributed by atoms with Crippen LogP contribution in [0.2, 0.25) is 0 Å². The zero-order valence-corrected chi connectivity index (χ0v) is 20.6. The molecule has 3 heterocycles. The molecule has 164 valence electrons. The molecule has 1 atom stereocenters. The SMILES string of the molecule is CCN1C(=O)C(=C2C(=O)N3c4c(ccc(C)c42)C(C)(c2ccccc2)CC3(C)C)SC1=S. The van der Waals surface area contributed by atoms with Gasteiger partial charge in [0.25, 0.3) is 11.8 Å². The summed E-state index contributed by atoms with van der Waals surface area (Å²) in [6, 6.07) is 14.8. The van der Waals surface area contributed by atoms with E-state index in [-0.39, 0.29) is 17.2 Å². The van der Waals surface area contributed by atoms with Crippen LogP contribution in [0.15, 0.2) is 47.4 Å². The summed E-state index contributed by atoms with van der Waals surface area (Å²) < 4.78 is 0.518. The maximum Gasteiger partial charge on any atom is 0.266 e. The molecule has 3 aliphatic heterocycles. The lowest BCUT2D eigenvalue weighted by molar-refractivity contribution is -0.122. The lowest BCUT2D eigenvalue weighted by Gasteiger charge is -2.49. The maximum absolute atomic E-state index is 14.0. The average Bonchev–Trinajstić information content (AvgIpc) is 3.21. The topological polar surface area (TPSA) is 40.6 Å².